The second kappa shape index (κ2) is 5.44. The first kappa shape index (κ1) is 13.9. The van der Waals surface area contributed by atoms with Gasteiger partial charge in [-0.15, -0.1) is 0 Å². The van der Waals surface area contributed by atoms with Gasteiger partial charge in [-0.25, -0.2) is 12.7 Å². The lowest BCUT2D eigenvalue weighted by atomic mass is 10.4. The Hall–Kier alpha value is -1.18. The lowest BCUT2D eigenvalue weighted by molar-refractivity contribution is 0.186. The molecule has 0 aliphatic heterocycles. The summed E-state index contributed by atoms with van der Waals surface area (Å²) in [5, 5.41) is 0. The molecule has 0 spiro atoms. The van der Waals surface area contributed by atoms with Gasteiger partial charge in [-0.2, -0.15) is 0 Å². The van der Waals surface area contributed by atoms with Gasteiger partial charge in [0.15, 0.2) is 0 Å². The zero-order chi connectivity index (χ0) is 13.1. The molecule has 0 bridgehead atoms. The van der Waals surface area contributed by atoms with E-state index in [1.165, 1.54) is 44.1 Å². The molecule has 7 heteroatoms. The minimum Gasteiger partial charge on any atom is -0.383 e. The standard InChI is InChI=1S/C10H16N2O4S/c1-11(2)17(14,15)9-4-5-10(13)12(8-9)6-7-16-3/h4-5,8H,6-7H2,1-3H3. The summed E-state index contributed by atoms with van der Waals surface area (Å²) in [6.45, 7) is 0.678. The Balaban J connectivity index is 3.17. The molecule has 0 amide bonds. The highest BCUT2D eigenvalue weighted by Gasteiger charge is 2.17. The Morgan fingerprint density at radius 1 is 1.35 bits per heavy atom. The molecule has 6 nitrogen and oxygen atoms in total. The van der Waals surface area contributed by atoms with E-state index >= 15 is 0 Å². The van der Waals surface area contributed by atoms with E-state index in [1.54, 1.807) is 0 Å². The molecular weight excluding hydrogens is 244 g/mol. The largest absolute Gasteiger partial charge is 0.383 e. The lowest BCUT2D eigenvalue weighted by Crippen LogP contribution is -2.26. The molecule has 1 aromatic rings. The maximum Gasteiger partial charge on any atom is 0.250 e. The zero-order valence-corrected chi connectivity index (χ0v) is 10.9. The summed E-state index contributed by atoms with van der Waals surface area (Å²) in [6.07, 6.45) is 1.33. The van der Waals surface area contributed by atoms with Crippen LogP contribution in [0.4, 0.5) is 0 Å². The molecule has 0 atom stereocenters. The van der Waals surface area contributed by atoms with Crippen molar-refractivity contribution < 1.29 is 13.2 Å². The lowest BCUT2D eigenvalue weighted by Gasteiger charge is -2.12. The molecule has 1 rings (SSSR count). The number of sulfonamides is 1. The van der Waals surface area contributed by atoms with Crippen molar-refractivity contribution >= 4 is 10.0 Å². The van der Waals surface area contributed by atoms with Crippen LogP contribution < -0.4 is 5.56 Å². The molecule has 0 N–H and O–H groups in total. The Bertz CT molecular complexity index is 533. The van der Waals surface area contributed by atoms with Crippen LogP contribution in [0.25, 0.3) is 0 Å². The van der Waals surface area contributed by atoms with Crippen molar-refractivity contribution in [3.63, 3.8) is 0 Å². The minimum atomic E-state index is -3.51. The van der Waals surface area contributed by atoms with E-state index in [2.05, 4.69) is 0 Å². The van der Waals surface area contributed by atoms with Crippen LogP contribution in [-0.2, 0) is 21.3 Å². The summed E-state index contributed by atoms with van der Waals surface area (Å²) < 4.78 is 31.0. The second-order valence-corrected chi connectivity index (χ2v) is 5.83. The molecule has 0 aromatic carbocycles. The third kappa shape index (κ3) is 3.15. The van der Waals surface area contributed by atoms with E-state index in [4.69, 9.17) is 4.74 Å². The van der Waals surface area contributed by atoms with Gasteiger partial charge in [0.1, 0.15) is 0 Å². The van der Waals surface area contributed by atoms with E-state index in [0.29, 0.717) is 13.2 Å². The number of aromatic nitrogens is 1. The van der Waals surface area contributed by atoms with Crippen LogP contribution in [-0.4, -0.2) is 45.1 Å². The van der Waals surface area contributed by atoms with Crippen LogP contribution in [0, 0.1) is 0 Å². The van der Waals surface area contributed by atoms with Crippen molar-refractivity contribution in [2.24, 2.45) is 0 Å². The van der Waals surface area contributed by atoms with Crippen LogP contribution in [0.2, 0.25) is 0 Å². The molecule has 1 heterocycles. The Morgan fingerprint density at radius 3 is 2.53 bits per heavy atom. The fourth-order valence-electron chi connectivity index (χ4n) is 1.24. The number of rotatable bonds is 5. The van der Waals surface area contributed by atoms with Crippen molar-refractivity contribution in [3.8, 4) is 0 Å². The highest BCUT2D eigenvalue weighted by Crippen LogP contribution is 2.10. The van der Waals surface area contributed by atoms with E-state index in [0.717, 1.165) is 4.31 Å². The van der Waals surface area contributed by atoms with Gasteiger partial charge in [0.05, 0.1) is 11.5 Å². The first-order valence-electron chi connectivity index (χ1n) is 5.01. The van der Waals surface area contributed by atoms with Crippen LogP contribution in [0.3, 0.4) is 0 Å². The molecule has 1 aromatic heterocycles. The van der Waals surface area contributed by atoms with Gasteiger partial charge in [0.25, 0.3) is 5.56 Å². The average molecular weight is 260 g/mol. The summed E-state index contributed by atoms with van der Waals surface area (Å²) in [5.74, 6) is 0. The number of hydrogen-bond acceptors (Lipinski definition) is 4. The number of nitrogens with zero attached hydrogens (tertiary/aromatic N) is 2. The summed E-state index contributed by atoms with van der Waals surface area (Å²) in [5.41, 5.74) is -0.250. The highest BCUT2D eigenvalue weighted by atomic mass is 32.2. The quantitative estimate of drug-likeness (QED) is 0.732. The molecule has 0 radical (unpaired) electrons. The first-order chi connectivity index (χ1) is 7.89. The van der Waals surface area contributed by atoms with Crippen molar-refractivity contribution in [2.45, 2.75) is 11.4 Å². The number of hydrogen-bond donors (Lipinski definition) is 0. The van der Waals surface area contributed by atoms with Crippen molar-refractivity contribution in [1.82, 2.24) is 8.87 Å². The Labute approximate surface area is 100 Å². The molecule has 0 unspecified atom stereocenters. The number of ether oxygens (including phenoxy) is 1. The topological polar surface area (TPSA) is 68.6 Å². The molecule has 17 heavy (non-hydrogen) atoms. The third-order valence-corrected chi connectivity index (χ3v) is 4.07. The fourth-order valence-corrected chi connectivity index (χ4v) is 2.16. The maximum absolute atomic E-state index is 11.8. The van der Waals surface area contributed by atoms with Gasteiger partial charge in [-0.05, 0) is 6.07 Å². The zero-order valence-electron chi connectivity index (χ0n) is 10.1. The predicted octanol–water partition coefficient (Wildman–Crippen LogP) is -0.255. The maximum atomic E-state index is 11.8. The normalized spacial score (nSPS) is 12.0. The second-order valence-electron chi connectivity index (χ2n) is 3.68. The monoisotopic (exact) mass is 260 g/mol. The minimum absolute atomic E-state index is 0.0956. The third-order valence-electron chi connectivity index (χ3n) is 2.27. The van der Waals surface area contributed by atoms with Crippen LogP contribution >= 0.6 is 0 Å². The molecule has 0 saturated carbocycles. The van der Waals surface area contributed by atoms with E-state index in [-0.39, 0.29) is 10.5 Å². The van der Waals surface area contributed by atoms with Gasteiger partial charge >= 0.3 is 0 Å². The smallest absolute Gasteiger partial charge is 0.250 e. The SMILES string of the molecule is COCCn1cc(S(=O)(=O)N(C)C)ccc1=O. The number of methoxy groups -OCH3 is 1. The fraction of sp³-hybridized carbons (Fsp3) is 0.500. The molecule has 0 aliphatic rings. The molecule has 0 fully saturated rings. The molecule has 96 valence electrons. The van der Waals surface area contributed by atoms with E-state index in [9.17, 15) is 13.2 Å². The molecule has 0 saturated heterocycles. The highest BCUT2D eigenvalue weighted by molar-refractivity contribution is 7.89. The Kier molecular flexibility index (Phi) is 4.44. The first-order valence-corrected chi connectivity index (χ1v) is 6.45. The van der Waals surface area contributed by atoms with Crippen LogP contribution in [0.1, 0.15) is 0 Å². The molecular formula is C10H16N2O4S. The summed E-state index contributed by atoms with van der Waals surface area (Å²) in [7, 11) is 0.900. The van der Waals surface area contributed by atoms with Crippen LogP contribution in [0.5, 0.6) is 0 Å². The van der Waals surface area contributed by atoms with Crippen molar-refractivity contribution in [2.75, 3.05) is 27.8 Å². The van der Waals surface area contributed by atoms with Crippen LogP contribution in [0.15, 0.2) is 28.0 Å². The van der Waals surface area contributed by atoms with E-state index in [1.807, 2.05) is 0 Å². The predicted molar refractivity (Wildman–Crippen MR) is 63.5 cm³/mol. The van der Waals surface area contributed by atoms with Gasteiger partial charge in [-0.3, -0.25) is 4.79 Å². The summed E-state index contributed by atoms with van der Waals surface area (Å²) >= 11 is 0. The van der Waals surface area contributed by atoms with Gasteiger partial charge in [0.2, 0.25) is 10.0 Å². The summed E-state index contributed by atoms with van der Waals surface area (Å²) in [6, 6.07) is 2.55. The van der Waals surface area contributed by atoms with Gasteiger partial charge in [-0.1, -0.05) is 0 Å². The van der Waals surface area contributed by atoms with Crippen molar-refractivity contribution in [1.29, 1.82) is 0 Å². The molecule has 0 aliphatic carbocycles. The average Bonchev–Trinajstić information content (AvgIpc) is 2.27. The number of pyridine rings is 1. The van der Waals surface area contributed by atoms with Crippen molar-refractivity contribution in [3.05, 3.63) is 28.7 Å². The van der Waals surface area contributed by atoms with Gasteiger partial charge in [0, 0.05) is 40.0 Å². The van der Waals surface area contributed by atoms with Gasteiger partial charge < -0.3 is 9.30 Å². The van der Waals surface area contributed by atoms with E-state index < -0.39 is 10.0 Å². The Morgan fingerprint density at radius 2 is 2.00 bits per heavy atom. The summed E-state index contributed by atoms with van der Waals surface area (Å²) in [4.78, 5) is 11.6.